The van der Waals surface area contributed by atoms with Gasteiger partial charge in [0, 0.05) is 18.6 Å². The molecular weight excluding hydrogens is 244 g/mol. The minimum atomic E-state index is 0.465. The number of nitrogens with zero attached hydrogens (tertiary/aromatic N) is 1. The lowest BCUT2D eigenvalue weighted by atomic mass is 9.76. The minimum Gasteiger partial charge on any atom is -0.327 e. The molecule has 2 heteroatoms. The molecule has 0 amide bonds. The zero-order valence-corrected chi connectivity index (χ0v) is 13.8. The lowest BCUT2D eigenvalue weighted by molar-refractivity contribution is 0.0879. The number of hydrogen-bond donors (Lipinski definition) is 1. The lowest BCUT2D eigenvalue weighted by Crippen LogP contribution is -2.48. The molecular formula is C18H36N2. The summed E-state index contributed by atoms with van der Waals surface area (Å²) < 4.78 is 0. The van der Waals surface area contributed by atoms with Crippen LogP contribution in [0.3, 0.4) is 0 Å². The highest BCUT2D eigenvalue weighted by Gasteiger charge is 2.31. The molecule has 0 aromatic heterocycles. The van der Waals surface area contributed by atoms with E-state index in [0.717, 1.165) is 17.9 Å². The first-order valence-electron chi connectivity index (χ1n) is 9.24. The molecule has 2 fully saturated rings. The maximum Gasteiger partial charge on any atom is 0.00952 e. The van der Waals surface area contributed by atoms with Crippen molar-refractivity contribution in [2.75, 3.05) is 13.1 Å². The maximum absolute atomic E-state index is 6.45. The van der Waals surface area contributed by atoms with E-state index in [9.17, 15) is 0 Å². The van der Waals surface area contributed by atoms with Crippen LogP contribution < -0.4 is 5.73 Å². The zero-order chi connectivity index (χ0) is 14.4. The Morgan fingerprint density at radius 3 is 2.55 bits per heavy atom. The average Bonchev–Trinajstić information content (AvgIpc) is 2.45. The van der Waals surface area contributed by atoms with Crippen LogP contribution in [0, 0.1) is 11.8 Å². The molecule has 0 aromatic rings. The van der Waals surface area contributed by atoms with Crippen LogP contribution in [0.2, 0.25) is 0 Å². The van der Waals surface area contributed by atoms with Crippen molar-refractivity contribution in [3.63, 3.8) is 0 Å². The second-order valence-corrected chi connectivity index (χ2v) is 7.32. The molecule has 0 spiro atoms. The summed E-state index contributed by atoms with van der Waals surface area (Å²) in [5.41, 5.74) is 6.45. The number of piperidine rings is 1. The van der Waals surface area contributed by atoms with E-state index in [0.29, 0.717) is 6.04 Å². The molecule has 118 valence electrons. The highest BCUT2D eigenvalue weighted by Crippen LogP contribution is 2.33. The molecule has 2 aliphatic rings. The fourth-order valence-electron chi connectivity index (χ4n) is 4.53. The molecule has 2 rings (SSSR count). The zero-order valence-electron chi connectivity index (χ0n) is 13.8. The molecule has 0 bridgehead atoms. The topological polar surface area (TPSA) is 29.3 Å². The minimum absolute atomic E-state index is 0.465. The highest BCUT2D eigenvalue weighted by atomic mass is 15.2. The molecule has 2 nitrogen and oxygen atoms in total. The van der Waals surface area contributed by atoms with Gasteiger partial charge in [0.15, 0.2) is 0 Å². The second kappa shape index (κ2) is 8.38. The van der Waals surface area contributed by atoms with E-state index < -0.39 is 0 Å². The van der Waals surface area contributed by atoms with E-state index in [-0.39, 0.29) is 0 Å². The van der Waals surface area contributed by atoms with Gasteiger partial charge in [-0.3, -0.25) is 0 Å². The van der Waals surface area contributed by atoms with Gasteiger partial charge in [-0.1, -0.05) is 39.5 Å². The summed E-state index contributed by atoms with van der Waals surface area (Å²) in [7, 11) is 0. The van der Waals surface area contributed by atoms with Crippen LogP contribution in [0.1, 0.15) is 78.1 Å². The Bertz CT molecular complexity index is 264. The Balaban J connectivity index is 1.88. The van der Waals surface area contributed by atoms with Crippen LogP contribution in [-0.2, 0) is 0 Å². The molecule has 1 saturated carbocycles. The summed E-state index contributed by atoms with van der Waals surface area (Å²) in [5.74, 6) is 1.72. The molecule has 0 radical (unpaired) electrons. The molecule has 4 unspecified atom stereocenters. The Labute approximate surface area is 126 Å². The Morgan fingerprint density at radius 1 is 1.00 bits per heavy atom. The van der Waals surface area contributed by atoms with Gasteiger partial charge in [0.05, 0.1) is 0 Å². The molecule has 1 aliphatic carbocycles. The van der Waals surface area contributed by atoms with Crippen LogP contribution in [0.25, 0.3) is 0 Å². The van der Waals surface area contributed by atoms with E-state index >= 15 is 0 Å². The first-order valence-corrected chi connectivity index (χ1v) is 9.24. The number of nitrogens with two attached hydrogens (primary N) is 1. The van der Waals surface area contributed by atoms with Gasteiger partial charge >= 0.3 is 0 Å². The van der Waals surface area contributed by atoms with E-state index in [1.807, 2.05) is 0 Å². The predicted octanol–water partition coefficient (Wildman–Crippen LogP) is 4.18. The van der Waals surface area contributed by atoms with Crippen LogP contribution in [-0.4, -0.2) is 30.1 Å². The van der Waals surface area contributed by atoms with E-state index in [1.165, 1.54) is 77.3 Å². The smallest absolute Gasteiger partial charge is 0.00952 e. The quantitative estimate of drug-likeness (QED) is 0.790. The molecule has 4 atom stereocenters. The summed E-state index contributed by atoms with van der Waals surface area (Å²) in [5, 5.41) is 0. The van der Waals surface area contributed by atoms with E-state index in [2.05, 4.69) is 18.7 Å². The van der Waals surface area contributed by atoms with Crippen LogP contribution >= 0.6 is 0 Å². The van der Waals surface area contributed by atoms with Gasteiger partial charge in [0.2, 0.25) is 0 Å². The summed E-state index contributed by atoms with van der Waals surface area (Å²) in [6.07, 6.45) is 13.8. The molecule has 1 heterocycles. The highest BCUT2D eigenvalue weighted by molar-refractivity contribution is 4.87. The SMILES string of the molecule is CCCC1CCC(N)C(CN2CCCCC2CCC)C1. The van der Waals surface area contributed by atoms with Crippen LogP contribution in [0.4, 0.5) is 0 Å². The third kappa shape index (κ3) is 4.46. The molecule has 0 aromatic carbocycles. The van der Waals surface area contributed by atoms with E-state index in [4.69, 9.17) is 5.73 Å². The van der Waals surface area contributed by atoms with Crippen molar-refractivity contribution in [3.8, 4) is 0 Å². The number of hydrogen-bond acceptors (Lipinski definition) is 2. The van der Waals surface area contributed by atoms with Crippen molar-refractivity contribution >= 4 is 0 Å². The Hall–Kier alpha value is -0.0800. The first kappa shape index (κ1) is 16.3. The summed E-state index contributed by atoms with van der Waals surface area (Å²) in [6.45, 7) is 7.26. The number of rotatable bonds is 6. The van der Waals surface area contributed by atoms with Crippen molar-refractivity contribution in [1.82, 2.24) is 4.90 Å². The Kier molecular flexibility index (Phi) is 6.83. The molecule has 1 saturated heterocycles. The van der Waals surface area contributed by atoms with Crippen LogP contribution in [0.15, 0.2) is 0 Å². The van der Waals surface area contributed by atoms with Crippen molar-refractivity contribution in [1.29, 1.82) is 0 Å². The third-order valence-electron chi connectivity index (χ3n) is 5.69. The van der Waals surface area contributed by atoms with Gasteiger partial charge in [0.25, 0.3) is 0 Å². The second-order valence-electron chi connectivity index (χ2n) is 7.32. The lowest BCUT2D eigenvalue weighted by Gasteiger charge is -2.42. The van der Waals surface area contributed by atoms with Gasteiger partial charge in [-0.25, -0.2) is 0 Å². The van der Waals surface area contributed by atoms with Crippen molar-refractivity contribution < 1.29 is 0 Å². The summed E-state index contributed by atoms with van der Waals surface area (Å²) >= 11 is 0. The summed E-state index contributed by atoms with van der Waals surface area (Å²) in [4.78, 5) is 2.80. The largest absolute Gasteiger partial charge is 0.327 e. The fourth-order valence-corrected chi connectivity index (χ4v) is 4.53. The van der Waals surface area contributed by atoms with Crippen molar-refractivity contribution in [3.05, 3.63) is 0 Å². The molecule has 2 N–H and O–H groups in total. The monoisotopic (exact) mass is 280 g/mol. The Morgan fingerprint density at radius 2 is 1.80 bits per heavy atom. The number of likely N-dealkylation sites (tertiary alicyclic amines) is 1. The maximum atomic E-state index is 6.45. The van der Waals surface area contributed by atoms with Crippen LogP contribution in [0.5, 0.6) is 0 Å². The van der Waals surface area contributed by atoms with Gasteiger partial charge in [-0.15, -0.1) is 0 Å². The normalized spacial score (nSPS) is 36.1. The van der Waals surface area contributed by atoms with Gasteiger partial charge < -0.3 is 10.6 Å². The first-order chi connectivity index (χ1) is 9.74. The third-order valence-corrected chi connectivity index (χ3v) is 5.69. The van der Waals surface area contributed by atoms with Gasteiger partial charge in [-0.05, 0) is 56.9 Å². The summed E-state index contributed by atoms with van der Waals surface area (Å²) in [6, 6.07) is 1.32. The van der Waals surface area contributed by atoms with Crippen molar-refractivity contribution in [2.24, 2.45) is 17.6 Å². The average molecular weight is 280 g/mol. The predicted molar refractivity (Wildman–Crippen MR) is 87.8 cm³/mol. The van der Waals surface area contributed by atoms with E-state index in [1.54, 1.807) is 0 Å². The van der Waals surface area contributed by atoms with Gasteiger partial charge in [0.1, 0.15) is 0 Å². The fraction of sp³-hybridized carbons (Fsp3) is 1.00. The molecule has 20 heavy (non-hydrogen) atoms. The molecule has 1 aliphatic heterocycles. The van der Waals surface area contributed by atoms with Gasteiger partial charge in [-0.2, -0.15) is 0 Å². The standard InChI is InChI=1S/C18H36N2/c1-3-7-15-10-11-18(19)16(13-15)14-20-12-6-5-9-17(20)8-4-2/h15-18H,3-14,19H2,1-2H3. The van der Waals surface area contributed by atoms with Crippen molar-refractivity contribution in [2.45, 2.75) is 90.1 Å².